The number of benzene rings is 1. The van der Waals surface area contributed by atoms with Crippen molar-refractivity contribution in [3.63, 3.8) is 0 Å². The third-order valence-corrected chi connectivity index (χ3v) is 5.08. The second kappa shape index (κ2) is 6.90. The van der Waals surface area contributed by atoms with Gasteiger partial charge in [-0.1, -0.05) is 19.3 Å². The fraction of sp³-hybridized carbons (Fsp3) is 0.300. The average molecular weight is 367 g/mol. The van der Waals surface area contributed by atoms with Gasteiger partial charge in [0.25, 0.3) is 17.7 Å². The normalized spacial score (nSPS) is 17.1. The zero-order valence-electron chi connectivity index (χ0n) is 14.6. The molecular formula is C20H18FN3O3. The number of hydrogen-bond acceptors (Lipinski definition) is 4. The summed E-state index contributed by atoms with van der Waals surface area (Å²) in [5.41, 5.74) is 1.02. The van der Waals surface area contributed by atoms with E-state index in [1.54, 1.807) is 0 Å². The lowest BCUT2D eigenvalue weighted by Crippen LogP contribution is -2.40. The molecule has 4 rings (SSSR count). The van der Waals surface area contributed by atoms with Gasteiger partial charge >= 0.3 is 0 Å². The first-order chi connectivity index (χ1) is 13.0. The number of nitrogens with zero attached hydrogens (tertiary/aromatic N) is 2. The minimum absolute atomic E-state index is 0.0678. The summed E-state index contributed by atoms with van der Waals surface area (Å²) in [7, 11) is 0. The Morgan fingerprint density at radius 2 is 1.78 bits per heavy atom. The summed E-state index contributed by atoms with van der Waals surface area (Å²) in [6.07, 6.45) is 7.15. The molecule has 1 aliphatic heterocycles. The van der Waals surface area contributed by atoms with Gasteiger partial charge in [0.15, 0.2) is 0 Å². The van der Waals surface area contributed by atoms with E-state index in [0.717, 1.165) is 44.4 Å². The molecule has 1 fully saturated rings. The van der Waals surface area contributed by atoms with Crippen molar-refractivity contribution in [1.82, 2.24) is 9.88 Å². The molecule has 1 saturated carbocycles. The first-order valence-electron chi connectivity index (χ1n) is 8.98. The van der Waals surface area contributed by atoms with Gasteiger partial charge in [0.05, 0.1) is 29.2 Å². The summed E-state index contributed by atoms with van der Waals surface area (Å²) < 4.78 is 13.2. The lowest BCUT2D eigenvalue weighted by Gasteiger charge is -2.29. The number of carbonyl (C=O) groups is 3. The lowest BCUT2D eigenvalue weighted by atomic mass is 9.94. The molecule has 2 heterocycles. The summed E-state index contributed by atoms with van der Waals surface area (Å²) in [5.74, 6) is -1.70. The van der Waals surface area contributed by atoms with Crippen LogP contribution in [0.25, 0.3) is 0 Å². The predicted octanol–water partition coefficient (Wildman–Crippen LogP) is 3.40. The summed E-state index contributed by atoms with van der Waals surface area (Å²) in [5, 5.41) is 2.54. The van der Waals surface area contributed by atoms with Gasteiger partial charge in [0.1, 0.15) is 5.82 Å². The van der Waals surface area contributed by atoms with E-state index in [0.29, 0.717) is 5.56 Å². The largest absolute Gasteiger partial charge is 0.320 e. The van der Waals surface area contributed by atoms with Crippen molar-refractivity contribution in [1.29, 1.82) is 0 Å². The number of pyridine rings is 1. The molecule has 2 aliphatic rings. The van der Waals surface area contributed by atoms with Gasteiger partial charge in [-0.15, -0.1) is 0 Å². The molecular weight excluding hydrogens is 349 g/mol. The smallest absolute Gasteiger partial charge is 0.261 e. The van der Waals surface area contributed by atoms with Crippen LogP contribution in [0.1, 0.15) is 63.2 Å². The number of nitrogens with one attached hydrogen (secondary N) is 1. The van der Waals surface area contributed by atoms with Gasteiger partial charge in [0, 0.05) is 17.7 Å². The standard InChI is InChI=1S/C20H18FN3O3/c21-13-9-14(11-22-10-13)23-18(25)12-6-7-16-17(8-12)20(27)24(19(16)26)15-4-2-1-3-5-15/h6-11,15H,1-5H2,(H,23,25). The second-order valence-electron chi connectivity index (χ2n) is 6.88. The summed E-state index contributed by atoms with van der Waals surface area (Å²) >= 11 is 0. The third kappa shape index (κ3) is 3.20. The Bertz CT molecular complexity index is 938. The molecule has 2 aromatic rings. The zero-order chi connectivity index (χ0) is 19.0. The molecule has 1 aromatic carbocycles. The van der Waals surface area contributed by atoms with E-state index >= 15 is 0 Å². The predicted molar refractivity (Wildman–Crippen MR) is 96.0 cm³/mol. The van der Waals surface area contributed by atoms with Crippen LogP contribution in [0.15, 0.2) is 36.7 Å². The number of imide groups is 1. The van der Waals surface area contributed by atoms with E-state index < -0.39 is 11.7 Å². The molecule has 6 nitrogen and oxygen atoms in total. The second-order valence-corrected chi connectivity index (χ2v) is 6.88. The number of aromatic nitrogens is 1. The maximum atomic E-state index is 13.2. The Morgan fingerprint density at radius 1 is 1.04 bits per heavy atom. The Balaban J connectivity index is 1.58. The quantitative estimate of drug-likeness (QED) is 0.844. The molecule has 1 aromatic heterocycles. The van der Waals surface area contributed by atoms with Gasteiger partial charge < -0.3 is 5.32 Å². The van der Waals surface area contributed by atoms with Crippen molar-refractivity contribution in [2.75, 3.05) is 5.32 Å². The van der Waals surface area contributed by atoms with Gasteiger partial charge in [-0.25, -0.2) is 4.39 Å². The van der Waals surface area contributed by atoms with Crippen molar-refractivity contribution in [2.45, 2.75) is 38.1 Å². The number of rotatable bonds is 3. The highest BCUT2D eigenvalue weighted by molar-refractivity contribution is 6.22. The van der Waals surface area contributed by atoms with Crippen molar-refractivity contribution in [3.8, 4) is 0 Å². The minimum atomic E-state index is -0.564. The summed E-state index contributed by atoms with van der Waals surface area (Å²) in [6.45, 7) is 0. The molecule has 138 valence electrons. The lowest BCUT2D eigenvalue weighted by molar-refractivity contribution is 0.0549. The van der Waals surface area contributed by atoms with E-state index in [9.17, 15) is 18.8 Å². The van der Waals surface area contributed by atoms with Gasteiger partial charge in [-0.05, 0) is 31.0 Å². The monoisotopic (exact) mass is 367 g/mol. The number of carbonyl (C=O) groups excluding carboxylic acids is 3. The Morgan fingerprint density at radius 3 is 2.52 bits per heavy atom. The SMILES string of the molecule is O=C(Nc1cncc(F)c1)c1ccc2c(c1)C(=O)N(C1CCCCC1)C2=O. The Labute approximate surface area is 155 Å². The summed E-state index contributed by atoms with van der Waals surface area (Å²) in [4.78, 5) is 42.9. The van der Waals surface area contributed by atoms with Crippen LogP contribution in [0.4, 0.5) is 10.1 Å². The first-order valence-corrected chi connectivity index (χ1v) is 8.98. The van der Waals surface area contributed by atoms with Crippen molar-refractivity contribution in [2.24, 2.45) is 0 Å². The number of anilines is 1. The van der Waals surface area contributed by atoms with Crippen LogP contribution in [0.5, 0.6) is 0 Å². The molecule has 3 amide bonds. The van der Waals surface area contributed by atoms with E-state index in [-0.39, 0.29) is 34.7 Å². The van der Waals surface area contributed by atoms with E-state index in [4.69, 9.17) is 0 Å². The Kier molecular flexibility index (Phi) is 4.43. The van der Waals surface area contributed by atoms with Crippen LogP contribution in [-0.4, -0.2) is 33.6 Å². The maximum absolute atomic E-state index is 13.2. The Hall–Kier alpha value is -3.09. The zero-order valence-corrected chi connectivity index (χ0v) is 14.6. The first kappa shape index (κ1) is 17.3. The van der Waals surface area contributed by atoms with Gasteiger partial charge in [-0.3, -0.25) is 24.3 Å². The molecule has 0 spiro atoms. The third-order valence-electron chi connectivity index (χ3n) is 5.08. The average Bonchev–Trinajstić information content (AvgIpc) is 2.92. The topological polar surface area (TPSA) is 79.4 Å². The fourth-order valence-corrected chi connectivity index (χ4v) is 3.76. The molecule has 7 heteroatoms. The molecule has 0 radical (unpaired) electrons. The van der Waals surface area contributed by atoms with Crippen molar-refractivity contribution in [3.05, 3.63) is 59.2 Å². The van der Waals surface area contributed by atoms with E-state index in [2.05, 4.69) is 10.3 Å². The fourth-order valence-electron chi connectivity index (χ4n) is 3.76. The van der Waals surface area contributed by atoms with Gasteiger partial charge in [0.2, 0.25) is 0 Å². The molecule has 27 heavy (non-hydrogen) atoms. The number of amides is 3. The molecule has 0 unspecified atom stereocenters. The maximum Gasteiger partial charge on any atom is 0.261 e. The number of hydrogen-bond donors (Lipinski definition) is 1. The highest BCUT2D eigenvalue weighted by Crippen LogP contribution is 2.31. The van der Waals surface area contributed by atoms with E-state index in [1.165, 1.54) is 29.3 Å². The van der Waals surface area contributed by atoms with Crippen LogP contribution >= 0.6 is 0 Å². The number of fused-ring (bicyclic) bond motifs is 1. The minimum Gasteiger partial charge on any atom is -0.320 e. The van der Waals surface area contributed by atoms with Crippen LogP contribution in [0, 0.1) is 5.82 Å². The highest BCUT2D eigenvalue weighted by Gasteiger charge is 2.40. The van der Waals surface area contributed by atoms with Crippen molar-refractivity contribution < 1.29 is 18.8 Å². The van der Waals surface area contributed by atoms with Crippen LogP contribution < -0.4 is 5.32 Å². The van der Waals surface area contributed by atoms with Gasteiger partial charge in [-0.2, -0.15) is 0 Å². The number of halogens is 1. The van der Waals surface area contributed by atoms with Crippen LogP contribution in [-0.2, 0) is 0 Å². The molecule has 0 atom stereocenters. The molecule has 0 saturated heterocycles. The van der Waals surface area contributed by atoms with Crippen LogP contribution in [0.3, 0.4) is 0 Å². The van der Waals surface area contributed by atoms with E-state index in [1.807, 2.05) is 0 Å². The van der Waals surface area contributed by atoms with Crippen molar-refractivity contribution >= 4 is 23.4 Å². The molecule has 0 bridgehead atoms. The molecule has 1 N–H and O–H groups in total. The van der Waals surface area contributed by atoms with Crippen LogP contribution in [0.2, 0.25) is 0 Å². The molecule has 1 aliphatic carbocycles. The summed E-state index contributed by atoms with van der Waals surface area (Å²) in [6, 6.07) is 5.52. The highest BCUT2D eigenvalue weighted by atomic mass is 19.1.